The number of benzene rings is 1. The minimum atomic E-state index is 0.630. The lowest BCUT2D eigenvalue weighted by Gasteiger charge is -2.07. The number of rotatable bonds is 7. The molecule has 0 N–H and O–H groups in total. The second-order valence-corrected chi connectivity index (χ2v) is 5.21. The van der Waals surface area contributed by atoms with Gasteiger partial charge < -0.3 is 14.7 Å². The van der Waals surface area contributed by atoms with Crippen LogP contribution in [0.3, 0.4) is 0 Å². The Balaban J connectivity index is 1.67. The number of thioether (sulfide) groups is 1. The van der Waals surface area contributed by atoms with Crippen LogP contribution in [0.4, 0.5) is 0 Å². The molecule has 0 aliphatic carbocycles. The Kier molecular flexibility index (Phi) is 5.55. The van der Waals surface area contributed by atoms with Crippen LogP contribution in [-0.4, -0.2) is 19.5 Å². The smallest absolute Gasteiger partial charge is 0.251 e. The van der Waals surface area contributed by atoms with Crippen LogP contribution in [0.5, 0.6) is 11.5 Å². The van der Waals surface area contributed by atoms with Crippen LogP contribution in [-0.2, 0) is 0 Å². The molecule has 0 aliphatic rings. The van der Waals surface area contributed by atoms with E-state index in [1.165, 1.54) is 18.0 Å². The van der Waals surface area contributed by atoms with Gasteiger partial charge in [-0.15, -0.1) is 0 Å². The largest absolute Gasteiger partial charge is 0.618 e. The van der Waals surface area contributed by atoms with Crippen molar-refractivity contribution in [1.29, 1.82) is 0 Å². The molecule has 0 amide bonds. The van der Waals surface area contributed by atoms with E-state index >= 15 is 0 Å². The third-order valence-corrected chi connectivity index (χ3v) is 3.76. The highest BCUT2D eigenvalue weighted by atomic mass is 32.2. The van der Waals surface area contributed by atoms with Gasteiger partial charge in [0.1, 0.15) is 11.5 Å². The van der Waals surface area contributed by atoms with E-state index in [-0.39, 0.29) is 0 Å². The third-order valence-electron chi connectivity index (χ3n) is 2.66. The summed E-state index contributed by atoms with van der Waals surface area (Å²) in [6.45, 7) is 0.630. The zero-order valence-corrected chi connectivity index (χ0v) is 12.1. The lowest BCUT2D eigenvalue weighted by molar-refractivity contribution is -0.645. The van der Waals surface area contributed by atoms with Gasteiger partial charge in [-0.3, -0.25) is 0 Å². The van der Waals surface area contributed by atoms with Crippen LogP contribution in [0, 0.1) is 5.21 Å². The molecule has 1 heterocycles. The van der Waals surface area contributed by atoms with Gasteiger partial charge in [0.25, 0.3) is 5.03 Å². The van der Waals surface area contributed by atoms with Crippen LogP contribution in [0.2, 0.25) is 0 Å². The highest BCUT2D eigenvalue weighted by molar-refractivity contribution is 7.99. The van der Waals surface area contributed by atoms with Gasteiger partial charge in [-0.05, 0) is 36.8 Å². The van der Waals surface area contributed by atoms with Gasteiger partial charge in [0.05, 0.1) is 13.7 Å². The summed E-state index contributed by atoms with van der Waals surface area (Å²) in [6, 6.07) is 12.9. The van der Waals surface area contributed by atoms with Crippen molar-refractivity contribution in [3.05, 3.63) is 53.9 Å². The number of hydrogen-bond acceptors (Lipinski definition) is 4. The molecule has 0 spiro atoms. The number of pyridine rings is 1. The Bertz CT molecular complexity index is 531. The lowest BCUT2D eigenvalue weighted by atomic mass is 10.3. The summed E-state index contributed by atoms with van der Waals surface area (Å²) in [5, 5.41) is 12.1. The monoisotopic (exact) mass is 291 g/mol. The Morgan fingerprint density at radius 3 is 2.55 bits per heavy atom. The van der Waals surface area contributed by atoms with Crippen LogP contribution in [0.25, 0.3) is 0 Å². The molecular formula is C15H17NO3S. The average molecular weight is 291 g/mol. The number of methoxy groups -OCH3 is 1. The fourth-order valence-electron chi connectivity index (χ4n) is 1.62. The molecule has 0 fully saturated rings. The van der Waals surface area contributed by atoms with Gasteiger partial charge in [0.15, 0.2) is 6.20 Å². The van der Waals surface area contributed by atoms with Gasteiger partial charge in [0.2, 0.25) is 0 Å². The molecule has 2 aromatic rings. The molecular weight excluding hydrogens is 274 g/mol. The van der Waals surface area contributed by atoms with Crippen molar-refractivity contribution >= 4 is 11.8 Å². The van der Waals surface area contributed by atoms with Crippen molar-refractivity contribution in [2.75, 3.05) is 19.5 Å². The van der Waals surface area contributed by atoms with E-state index in [2.05, 4.69) is 0 Å². The molecule has 5 heteroatoms. The minimum absolute atomic E-state index is 0.630. The predicted octanol–water partition coefficient (Wildman–Crippen LogP) is 2.89. The molecule has 0 atom stereocenters. The molecule has 4 nitrogen and oxygen atoms in total. The standard InChI is InChI=1S/C15H17NO3S/c1-18-13-6-8-14(9-7-13)19-11-4-12-20-15-5-2-3-10-16(15)17/h2-3,5-10H,4,11-12H2,1H3. The molecule has 1 aromatic carbocycles. The van der Waals surface area contributed by atoms with Gasteiger partial charge in [-0.2, -0.15) is 4.73 Å². The van der Waals surface area contributed by atoms with Crippen molar-refractivity contribution in [2.24, 2.45) is 0 Å². The average Bonchev–Trinajstić information content (AvgIpc) is 2.49. The van der Waals surface area contributed by atoms with E-state index in [9.17, 15) is 5.21 Å². The summed E-state index contributed by atoms with van der Waals surface area (Å²) < 4.78 is 11.6. The number of aromatic nitrogens is 1. The summed E-state index contributed by atoms with van der Waals surface area (Å²) in [5.41, 5.74) is 0. The van der Waals surface area contributed by atoms with Gasteiger partial charge in [-0.25, -0.2) is 0 Å². The zero-order valence-electron chi connectivity index (χ0n) is 11.3. The maximum atomic E-state index is 11.4. The maximum absolute atomic E-state index is 11.4. The van der Waals surface area contributed by atoms with Crippen molar-refractivity contribution in [1.82, 2.24) is 0 Å². The summed E-state index contributed by atoms with van der Waals surface area (Å²) in [6.07, 6.45) is 2.39. The normalized spacial score (nSPS) is 10.2. The van der Waals surface area contributed by atoms with Crippen molar-refractivity contribution in [3.8, 4) is 11.5 Å². The molecule has 106 valence electrons. The number of hydrogen-bond donors (Lipinski definition) is 0. The van der Waals surface area contributed by atoms with Crippen LogP contribution in [0.1, 0.15) is 6.42 Å². The second kappa shape index (κ2) is 7.65. The molecule has 0 saturated heterocycles. The maximum Gasteiger partial charge on any atom is 0.251 e. The Morgan fingerprint density at radius 1 is 1.10 bits per heavy atom. The zero-order chi connectivity index (χ0) is 14.2. The topological polar surface area (TPSA) is 45.4 Å². The molecule has 2 rings (SSSR count). The van der Waals surface area contributed by atoms with Crippen LogP contribution < -0.4 is 14.2 Å². The fourth-order valence-corrected chi connectivity index (χ4v) is 2.46. The highest BCUT2D eigenvalue weighted by Gasteiger charge is 2.03. The molecule has 0 unspecified atom stereocenters. The Morgan fingerprint density at radius 2 is 1.85 bits per heavy atom. The molecule has 20 heavy (non-hydrogen) atoms. The first kappa shape index (κ1) is 14.5. The summed E-state index contributed by atoms with van der Waals surface area (Å²) in [7, 11) is 1.64. The molecule has 1 aromatic heterocycles. The second-order valence-electron chi connectivity index (χ2n) is 4.09. The van der Waals surface area contributed by atoms with Crippen molar-refractivity contribution < 1.29 is 14.2 Å². The van der Waals surface area contributed by atoms with E-state index in [4.69, 9.17) is 9.47 Å². The fraction of sp³-hybridized carbons (Fsp3) is 0.267. The number of nitrogens with zero attached hydrogens (tertiary/aromatic N) is 1. The molecule has 0 radical (unpaired) electrons. The Labute approximate surface area is 122 Å². The summed E-state index contributed by atoms with van der Waals surface area (Å²) in [5.74, 6) is 2.49. The van der Waals surface area contributed by atoms with E-state index in [1.54, 1.807) is 13.2 Å². The van der Waals surface area contributed by atoms with Crippen molar-refractivity contribution in [2.45, 2.75) is 11.4 Å². The molecule has 0 aliphatic heterocycles. The van der Waals surface area contributed by atoms with E-state index in [0.29, 0.717) is 6.61 Å². The lowest BCUT2D eigenvalue weighted by Crippen LogP contribution is -2.27. The molecule has 0 bridgehead atoms. The van der Waals surface area contributed by atoms with Crippen LogP contribution in [0.15, 0.2) is 53.7 Å². The van der Waals surface area contributed by atoms with Gasteiger partial charge in [0, 0.05) is 17.9 Å². The predicted molar refractivity (Wildman–Crippen MR) is 79.2 cm³/mol. The molecule has 0 saturated carbocycles. The SMILES string of the molecule is COc1ccc(OCCCSc2cccc[n+]2[O-])cc1. The summed E-state index contributed by atoms with van der Waals surface area (Å²) >= 11 is 1.54. The van der Waals surface area contributed by atoms with E-state index in [0.717, 1.165) is 33.4 Å². The Hall–Kier alpha value is -1.88. The van der Waals surface area contributed by atoms with Gasteiger partial charge in [-0.1, -0.05) is 11.8 Å². The van der Waals surface area contributed by atoms with E-state index < -0.39 is 0 Å². The first-order valence-electron chi connectivity index (χ1n) is 6.37. The quantitative estimate of drug-likeness (QED) is 0.340. The third kappa shape index (κ3) is 4.35. The summed E-state index contributed by atoms with van der Waals surface area (Å²) in [4.78, 5) is 0. The van der Waals surface area contributed by atoms with E-state index in [1.807, 2.05) is 36.4 Å². The van der Waals surface area contributed by atoms with Crippen molar-refractivity contribution in [3.63, 3.8) is 0 Å². The number of ether oxygens (including phenoxy) is 2. The first-order chi connectivity index (χ1) is 9.79. The highest BCUT2D eigenvalue weighted by Crippen LogP contribution is 2.18. The van der Waals surface area contributed by atoms with Crippen LogP contribution >= 0.6 is 11.8 Å². The minimum Gasteiger partial charge on any atom is -0.618 e. The van der Waals surface area contributed by atoms with Gasteiger partial charge >= 0.3 is 0 Å². The first-order valence-corrected chi connectivity index (χ1v) is 7.36.